The number of benzene rings is 1. The van der Waals surface area contributed by atoms with Crippen LogP contribution in [0, 0.1) is 12.3 Å². The van der Waals surface area contributed by atoms with Gasteiger partial charge < -0.3 is 11.1 Å². The van der Waals surface area contributed by atoms with Crippen molar-refractivity contribution in [3.05, 3.63) is 24.3 Å². The van der Waals surface area contributed by atoms with Gasteiger partial charge in [-0.05, 0) is 25.2 Å². The lowest BCUT2D eigenvalue weighted by molar-refractivity contribution is -0.117. The molecule has 102 valence electrons. The molecule has 6 nitrogen and oxygen atoms in total. The highest BCUT2D eigenvalue weighted by Crippen LogP contribution is 2.15. The van der Waals surface area contributed by atoms with Crippen molar-refractivity contribution in [3.8, 4) is 12.3 Å². The molecule has 19 heavy (non-hydrogen) atoms. The number of carbonyl (C=O) groups is 1. The molecular weight excluding hydrogens is 266 g/mol. The van der Waals surface area contributed by atoms with Gasteiger partial charge in [-0.25, -0.2) is 13.1 Å². The van der Waals surface area contributed by atoms with Crippen LogP contribution < -0.4 is 15.8 Å². The zero-order valence-electron chi connectivity index (χ0n) is 10.4. The van der Waals surface area contributed by atoms with Gasteiger partial charge >= 0.3 is 0 Å². The van der Waals surface area contributed by atoms with E-state index in [1.165, 1.54) is 25.2 Å². The highest BCUT2D eigenvalue weighted by molar-refractivity contribution is 7.89. The van der Waals surface area contributed by atoms with Crippen LogP contribution in [0.15, 0.2) is 29.2 Å². The highest BCUT2D eigenvalue weighted by Gasteiger charge is 2.15. The maximum absolute atomic E-state index is 11.6. The van der Waals surface area contributed by atoms with Crippen molar-refractivity contribution in [1.29, 1.82) is 0 Å². The highest BCUT2D eigenvalue weighted by atomic mass is 32.2. The monoisotopic (exact) mass is 281 g/mol. The Morgan fingerprint density at radius 3 is 2.79 bits per heavy atom. The van der Waals surface area contributed by atoms with E-state index in [0.717, 1.165) is 0 Å². The molecule has 0 aromatic heterocycles. The normalized spacial score (nSPS) is 12.5. The molecule has 4 N–H and O–H groups in total. The minimum Gasteiger partial charge on any atom is -0.325 e. The van der Waals surface area contributed by atoms with Gasteiger partial charge in [0.2, 0.25) is 15.9 Å². The predicted octanol–water partition coefficient (Wildman–Crippen LogP) is -0.116. The minimum absolute atomic E-state index is 0.0540. The molecule has 0 saturated carbocycles. The summed E-state index contributed by atoms with van der Waals surface area (Å²) in [7, 11) is -2.24. The third-order valence-corrected chi connectivity index (χ3v) is 3.77. The molecule has 1 amide bonds. The van der Waals surface area contributed by atoms with Gasteiger partial charge in [-0.15, -0.1) is 12.3 Å². The molecule has 1 atom stereocenters. The lowest BCUT2D eigenvalue weighted by Gasteiger charge is -2.10. The second-order valence-corrected chi connectivity index (χ2v) is 5.63. The number of amides is 1. The van der Waals surface area contributed by atoms with Crippen molar-refractivity contribution in [1.82, 2.24) is 4.72 Å². The third kappa shape index (κ3) is 4.06. The van der Waals surface area contributed by atoms with Gasteiger partial charge in [-0.2, -0.15) is 0 Å². The molecule has 0 heterocycles. The zero-order valence-corrected chi connectivity index (χ0v) is 11.2. The van der Waals surface area contributed by atoms with Crippen molar-refractivity contribution >= 4 is 21.6 Å². The molecule has 0 aliphatic carbocycles. The largest absolute Gasteiger partial charge is 0.325 e. The first kappa shape index (κ1) is 15.2. The lowest BCUT2D eigenvalue weighted by atomic mass is 10.2. The first-order chi connectivity index (χ1) is 8.90. The Bertz CT molecular complexity index is 605. The summed E-state index contributed by atoms with van der Waals surface area (Å²) in [6, 6.07) is 5.02. The summed E-state index contributed by atoms with van der Waals surface area (Å²) in [5.74, 6) is 1.83. The average Bonchev–Trinajstić information content (AvgIpc) is 2.39. The summed E-state index contributed by atoms with van der Waals surface area (Å²) in [6.45, 7) is 0. The quantitative estimate of drug-likeness (QED) is 0.655. The predicted molar refractivity (Wildman–Crippen MR) is 72.7 cm³/mol. The minimum atomic E-state index is -3.55. The van der Waals surface area contributed by atoms with E-state index in [2.05, 4.69) is 16.0 Å². The zero-order chi connectivity index (χ0) is 14.5. The van der Waals surface area contributed by atoms with E-state index in [-0.39, 0.29) is 11.3 Å². The lowest BCUT2D eigenvalue weighted by Crippen LogP contribution is -2.35. The summed E-state index contributed by atoms with van der Waals surface area (Å²) >= 11 is 0. The third-order valence-electron chi connectivity index (χ3n) is 2.36. The number of anilines is 1. The van der Waals surface area contributed by atoms with Crippen LogP contribution in [0.2, 0.25) is 0 Å². The smallest absolute Gasteiger partial charge is 0.242 e. The van der Waals surface area contributed by atoms with Crippen LogP contribution in [0.3, 0.4) is 0 Å². The van der Waals surface area contributed by atoms with Gasteiger partial charge in [0.05, 0.1) is 10.9 Å². The van der Waals surface area contributed by atoms with Gasteiger partial charge in [-0.3, -0.25) is 4.79 Å². The molecule has 0 aliphatic heterocycles. The second-order valence-electron chi connectivity index (χ2n) is 3.74. The fraction of sp³-hybridized carbons (Fsp3) is 0.250. The molecule has 1 rings (SSSR count). The topological polar surface area (TPSA) is 101 Å². The van der Waals surface area contributed by atoms with E-state index in [9.17, 15) is 13.2 Å². The molecule has 0 bridgehead atoms. The molecule has 1 aromatic carbocycles. The van der Waals surface area contributed by atoms with Crippen LogP contribution in [0.1, 0.15) is 6.42 Å². The first-order valence-electron chi connectivity index (χ1n) is 5.44. The van der Waals surface area contributed by atoms with Crippen molar-refractivity contribution in [2.45, 2.75) is 17.4 Å². The van der Waals surface area contributed by atoms with E-state index in [1.807, 2.05) is 0 Å². The van der Waals surface area contributed by atoms with Gasteiger partial charge in [0, 0.05) is 12.1 Å². The molecule has 0 saturated heterocycles. The molecule has 0 spiro atoms. The van der Waals surface area contributed by atoms with Crippen LogP contribution in [-0.4, -0.2) is 27.4 Å². The maximum atomic E-state index is 11.6. The Morgan fingerprint density at radius 2 is 2.21 bits per heavy atom. The molecule has 7 heteroatoms. The van der Waals surface area contributed by atoms with Crippen LogP contribution in [0.4, 0.5) is 5.69 Å². The number of sulfonamides is 1. The van der Waals surface area contributed by atoms with Gasteiger partial charge in [0.25, 0.3) is 0 Å². The Hall–Kier alpha value is -1.88. The second kappa shape index (κ2) is 6.33. The Kier molecular flexibility index (Phi) is 5.06. The molecule has 1 unspecified atom stereocenters. The summed E-state index contributed by atoms with van der Waals surface area (Å²) in [5, 5.41) is 2.51. The van der Waals surface area contributed by atoms with Gasteiger partial charge in [0.15, 0.2) is 0 Å². The Labute approximate surface area is 112 Å². The molecule has 0 aliphatic rings. The van der Waals surface area contributed by atoms with Crippen molar-refractivity contribution in [3.63, 3.8) is 0 Å². The first-order valence-corrected chi connectivity index (χ1v) is 6.92. The number of nitrogens with one attached hydrogen (secondary N) is 2. The van der Waals surface area contributed by atoms with Crippen molar-refractivity contribution in [2.75, 3.05) is 12.4 Å². The van der Waals surface area contributed by atoms with Gasteiger partial charge in [-0.1, -0.05) is 6.07 Å². The summed E-state index contributed by atoms with van der Waals surface area (Å²) < 4.78 is 25.4. The average molecular weight is 281 g/mol. The number of hydrogen-bond acceptors (Lipinski definition) is 4. The van der Waals surface area contributed by atoms with Crippen LogP contribution in [0.25, 0.3) is 0 Å². The van der Waals surface area contributed by atoms with Crippen molar-refractivity contribution < 1.29 is 13.2 Å². The Balaban J connectivity index is 2.90. The van der Waals surface area contributed by atoms with Crippen molar-refractivity contribution in [2.24, 2.45) is 5.73 Å². The summed E-state index contributed by atoms with van der Waals surface area (Å²) in [5.41, 5.74) is 5.88. The number of rotatable bonds is 5. The van der Waals surface area contributed by atoms with E-state index in [0.29, 0.717) is 5.69 Å². The van der Waals surface area contributed by atoms with Gasteiger partial charge in [0.1, 0.15) is 0 Å². The summed E-state index contributed by atoms with van der Waals surface area (Å²) in [4.78, 5) is 11.7. The van der Waals surface area contributed by atoms with Crippen LogP contribution in [-0.2, 0) is 14.8 Å². The van der Waals surface area contributed by atoms with E-state index < -0.39 is 22.0 Å². The molecule has 1 aromatic rings. The van der Waals surface area contributed by atoms with Crippen LogP contribution >= 0.6 is 0 Å². The van der Waals surface area contributed by atoms with E-state index in [4.69, 9.17) is 12.2 Å². The number of hydrogen-bond donors (Lipinski definition) is 3. The fourth-order valence-electron chi connectivity index (χ4n) is 1.31. The number of nitrogens with two attached hydrogens (primary N) is 1. The number of terminal acetylenes is 1. The Morgan fingerprint density at radius 1 is 1.53 bits per heavy atom. The van der Waals surface area contributed by atoms with Crippen LogP contribution in [0.5, 0.6) is 0 Å². The van der Waals surface area contributed by atoms with E-state index in [1.54, 1.807) is 6.07 Å². The standard InChI is InChI=1S/C12H15N3O3S/c1-3-5-11(13)12(16)15-9-6-4-7-10(8-9)19(17,18)14-2/h1,4,6-8,11,14H,5,13H2,2H3,(H,15,16). The van der Waals surface area contributed by atoms with E-state index >= 15 is 0 Å². The fourth-order valence-corrected chi connectivity index (χ4v) is 2.09. The molecular formula is C12H15N3O3S. The maximum Gasteiger partial charge on any atom is 0.242 e. The molecule has 0 radical (unpaired) electrons. The number of carbonyl (C=O) groups excluding carboxylic acids is 1. The summed E-state index contributed by atoms with van der Waals surface area (Å²) in [6.07, 6.45) is 5.17. The molecule has 0 fully saturated rings. The SMILES string of the molecule is C#CCC(N)C(=O)Nc1cccc(S(=O)(=O)NC)c1.